The van der Waals surface area contributed by atoms with Crippen LogP contribution in [-0.4, -0.2) is 26.5 Å². The topological polar surface area (TPSA) is 109 Å². The third-order valence-corrected chi connectivity index (χ3v) is 1.72. The molecule has 0 unspecified atom stereocenters. The van der Waals surface area contributed by atoms with Crippen molar-refractivity contribution in [3.63, 3.8) is 0 Å². The van der Waals surface area contributed by atoms with Crippen molar-refractivity contribution in [3.05, 3.63) is 42.2 Å². The van der Waals surface area contributed by atoms with Crippen molar-refractivity contribution >= 4 is 12.2 Å². The fourth-order valence-electron chi connectivity index (χ4n) is 0.947. The molecule has 0 aliphatic rings. The van der Waals surface area contributed by atoms with Crippen LogP contribution < -0.4 is 5.73 Å². The summed E-state index contributed by atoms with van der Waals surface area (Å²) in [7, 11) is 0. The molecule has 6 nitrogen and oxygen atoms in total. The molecule has 1 heterocycles. The van der Waals surface area contributed by atoms with Crippen LogP contribution in [0.2, 0.25) is 0 Å². The van der Waals surface area contributed by atoms with Gasteiger partial charge in [0.15, 0.2) is 6.29 Å². The lowest BCUT2D eigenvalue weighted by molar-refractivity contribution is 0.112. The molecule has 1 aromatic carbocycles. The van der Waals surface area contributed by atoms with Gasteiger partial charge in [-0.3, -0.25) is 4.79 Å². The zero-order valence-electron chi connectivity index (χ0n) is 8.82. The maximum Gasteiger partial charge on any atom is 0.219 e. The minimum absolute atomic E-state index is 0.0279. The summed E-state index contributed by atoms with van der Waals surface area (Å²) in [6, 6.07) is 5.49. The summed E-state index contributed by atoms with van der Waals surface area (Å²) in [4.78, 5) is 17.4. The number of carbonyl (C=O) groups is 1. The predicted molar refractivity (Wildman–Crippen MR) is 61.6 cm³/mol. The average molecular weight is 233 g/mol. The first-order valence-corrected chi connectivity index (χ1v) is 4.63. The normalized spacial score (nSPS) is 8.94. The second-order valence-corrected chi connectivity index (χ2v) is 2.97. The second kappa shape index (κ2) is 6.06. The lowest BCUT2D eigenvalue weighted by Gasteiger charge is -1.95. The van der Waals surface area contributed by atoms with Crippen molar-refractivity contribution in [2.75, 3.05) is 5.73 Å². The van der Waals surface area contributed by atoms with Gasteiger partial charge in [0.1, 0.15) is 11.5 Å². The first-order valence-electron chi connectivity index (χ1n) is 4.63. The molecule has 0 spiro atoms. The average Bonchev–Trinajstić information content (AvgIpc) is 2.34. The summed E-state index contributed by atoms with van der Waals surface area (Å²) in [6.45, 7) is 0. The van der Waals surface area contributed by atoms with E-state index in [2.05, 4.69) is 9.97 Å². The molecule has 6 heteroatoms. The van der Waals surface area contributed by atoms with E-state index in [0.29, 0.717) is 12.2 Å². The van der Waals surface area contributed by atoms with Crippen LogP contribution in [0.3, 0.4) is 0 Å². The number of aromatic nitrogens is 2. The molecular weight excluding hydrogens is 222 g/mol. The molecule has 0 saturated heterocycles. The van der Waals surface area contributed by atoms with Crippen LogP contribution in [0, 0.1) is 0 Å². The Labute approximate surface area is 97.4 Å². The number of hydrogen-bond donors (Lipinski definition) is 3. The Balaban J connectivity index is 0.000000181. The second-order valence-electron chi connectivity index (χ2n) is 2.97. The molecular formula is C11H11N3O3. The number of aromatic hydroxyl groups is 2. The number of phenols is 2. The van der Waals surface area contributed by atoms with Crippen LogP contribution in [0.5, 0.6) is 11.5 Å². The summed E-state index contributed by atoms with van der Waals surface area (Å²) in [5.74, 6) is 0.176. The smallest absolute Gasteiger partial charge is 0.219 e. The molecule has 0 radical (unpaired) electrons. The van der Waals surface area contributed by atoms with E-state index in [-0.39, 0.29) is 17.1 Å². The number of benzene rings is 1. The minimum Gasteiger partial charge on any atom is -0.508 e. The van der Waals surface area contributed by atoms with E-state index in [0.717, 1.165) is 0 Å². The van der Waals surface area contributed by atoms with Gasteiger partial charge in [0, 0.05) is 12.4 Å². The summed E-state index contributed by atoms with van der Waals surface area (Å²) < 4.78 is 0. The number of carbonyl (C=O) groups excluding carboxylic acids is 1. The number of hydrogen-bond acceptors (Lipinski definition) is 6. The first-order chi connectivity index (χ1) is 8.13. The van der Waals surface area contributed by atoms with Crippen molar-refractivity contribution in [1.29, 1.82) is 0 Å². The van der Waals surface area contributed by atoms with Crippen LogP contribution in [0.15, 0.2) is 36.7 Å². The highest BCUT2D eigenvalue weighted by molar-refractivity contribution is 5.79. The fraction of sp³-hybridized carbons (Fsp3) is 0. The van der Waals surface area contributed by atoms with E-state index in [1.165, 1.54) is 18.2 Å². The Hall–Kier alpha value is -2.63. The van der Waals surface area contributed by atoms with Gasteiger partial charge in [-0.2, -0.15) is 0 Å². The van der Waals surface area contributed by atoms with Gasteiger partial charge in [0.05, 0.1) is 5.56 Å². The number of anilines is 1. The number of nitrogen functional groups attached to an aromatic ring is 1. The van der Waals surface area contributed by atoms with Gasteiger partial charge in [-0.25, -0.2) is 9.97 Å². The summed E-state index contributed by atoms with van der Waals surface area (Å²) in [6.07, 6.45) is 3.68. The van der Waals surface area contributed by atoms with Gasteiger partial charge in [0.2, 0.25) is 5.95 Å². The van der Waals surface area contributed by atoms with E-state index in [1.54, 1.807) is 18.5 Å². The number of aldehydes is 1. The number of rotatable bonds is 1. The number of nitrogens with zero attached hydrogens (tertiary/aromatic N) is 2. The van der Waals surface area contributed by atoms with E-state index < -0.39 is 0 Å². The maximum absolute atomic E-state index is 10.1. The predicted octanol–water partition coefficient (Wildman–Crippen LogP) is 0.969. The van der Waals surface area contributed by atoms with Crippen LogP contribution >= 0.6 is 0 Å². The van der Waals surface area contributed by atoms with Crippen LogP contribution in [-0.2, 0) is 0 Å². The Morgan fingerprint density at radius 2 is 1.82 bits per heavy atom. The molecule has 4 N–H and O–H groups in total. The third kappa shape index (κ3) is 4.17. The monoisotopic (exact) mass is 233 g/mol. The SMILES string of the molecule is Nc1ncccn1.O=Cc1cc(O)ccc1O. The maximum atomic E-state index is 10.1. The molecule has 0 amide bonds. The van der Waals surface area contributed by atoms with Crippen LogP contribution in [0.4, 0.5) is 5.95 Å². The van der Waals surface area contributed by atoms with Gasteiger partial charge >= 0.3 is 0 Å². The molecule has 0 aliphatic carbocycles. The van der Waals surface area contributed by atoms with Gasteiger partial charge in [-0.05, 0) is 24.3 Å². The van der Waals surface area contributed by atoms with Crippen molar-refractivity contribution in [3.8, 4) is 11.5 Å². The van der Waals surface area contributed by atoms with Crippen LogP contribution in [0.1, 0.15) is 10.4 Å². The van der Waals surface area contributed by atoms with E-state index >= 15 is 0 Å². The van der Waals surface area contributed by atoms with E-state index in [4.69, 9.17) is 15.9 Å². The van der Waals surface area contributed by atoms with Crippen molar-refractivity contribution < 1.29 is 15.0 Å². The quantitative estimate of drug-likeness (QED) is 0.500. The largest absolute Gasteiger partial charge is 0.508 e. The van der Waals surface area contributed by atoms with Crippen molar-refractivity contribution in [2.45, 2.75) is 0 Å². The molecule has 17 heavy (non-hydrogen) atoms. The highest BCUT2D eigenvalue weighted by Gasteiger charge is 1.98. The Morgan fingerprint density at radius 3 is 2.24 bits per heavy atom. The zero-order chi connectivity index (χ0) is 12.7. The van der Waals surface area contributed by atoms with Crippen molar-refractivity contribution in [1.82, 2.24) is 9.97 Å². The van der Waals surface area contributed by atoms with Gasteiger partial charge in [0.25, 0.3) is 0 Å². The number of phenolic OH excluding ortho intramolecular Hbond substituents is 2. The highest BCUT2D eigenvalue weighted by atomic mass is 16.3. The highest BCUT2D eigenvalue weighted by Crippen LogP contribution is 2.19. The third-order valence-electron chi connectivity index (χ3n) is 1.72. The van der Waals surface area contributed by atoms with E-state index in [9.17, 15) is 4.79 Å². The molecule has 2 rings (SSSR count). The fourth-order valence-corrected chi connectivity index (χ4v) is 0.947. The molecule has 0 saturated carbocycles. The van der Waals surface area contributed by atoms with Crippen LogP contribution in [0.25, 0.3) is 0 Å². The summed E-state index contributed by atoms with van der Waals surface area (Å²) >= 11 is 0. The lowest BCUT2D eigenvalue weighted by atomic mass is 10.2. The van der Waals surface area contributed by atoms with Crippen molar-refractivity contribution in [2.24, 2.45) is 0 Å². The zero-order valence-corrected chi connectivity index (χ0v) is 8.82. The molecule has 88 valence electrons. The standard InChI is InChI=1S/C7H6O3.C4H5N3/c8-4-5-3-6(9)1-2-7(5)10;5-4-6-2-1-3-7-4/h1-4,9-10H;1-3H,(H2,5,6,7). The minimum atomic E-state index is -0.118. The Kier molecular flexibility index (Phi) is 4.44. The Bertz CT molecular complexity index is 489. The Morgan fingerprint density at radius 1 is 1.18 bits per heavy atom. The molecule has 2 aromatic rings. The lowest BCUT2D eigenvalue weighted by Crippen LogP contribution is -1.90. The molecule has 0 fully saturated rings. The van der Waals surface area contributed by atoms with Gasteiger partial charge < -0.3 is 15.9 Å². The number of nitrogens with two attached hydrogens (primary N) is 1. The van der Waals surface area contributed by atoms with Gasteiger partial charge in [-0.1, -0.05) is 0 Å². The molecule has 0 aliphatic heterocycles. The van der Waals surface area contributed by atoms with Gasteiger partial charge in [-0.15, -0.1) is 0 Å². The summed E-state index contributed by atoms with van der Waals surface area (Å²) in [5.41, 5.74) is 5.23. The van der Waals surface area contributed by atoms with E-state index in [1.807, 2.05) is 0 Å². The first kappa shape index (κ1) is 12.4. The molecule has 1 aromatic heterocycles. The molecule has 0 bridgehead atoms. The summed E-state index contributed by atoms with van der Waals surface area (Å²) in [5, 5.41) is 17.7. The molecule has 0 atom stereocenters.